The highest BCUT2D eigenvalue weighted by Crippen LogP contribution is 2.25. The van der Waals surface area contributed by atoms with Gasteiger partial charge >= 0.3 is 0 Å². The van der Waals surface area contributed by atoms with E-state index >= 15 is 0 Å². The zero-order valence-electron chi connectivity index (χ0n) is 11.9. The summed E-state index contributed by atoms with van der Waals surface area (Å²) in [5, 5.41) is 0. The molecule has 1 aliphatic rings. The van der Waals surface area contributed by atoms with Crippen LogP contribution >= 0.6 is 0 Å². The van der Waals surface area contributed by atoms with Crippen LogP contribution in [0.3, 0.4) is 0 Å². The molecule has 0 radical (unpaired) electrons. The lowest BCUT2D eigenvalue weighted by molar-refractivity contribution is 0.0714. The lowest BCUT2D eigenvalue weighted by Gasteiger charge is -2.27. The topological polar surface area (TPSA) is 29.5 Å². The highest BCUT2D eigenvalue weighted by Gasteiger charge is 2.23. The first kappa shape index (κ1) is 13.9. The van der Waals surface area contributed by atoms with E-state index in [1.807, 2.05) is 36.2 Å². The van der Waals surface area contributed by atoms with Crippen molar-refractivity contribution in [2.45, 2.75) is 44.6 Å². The van der Waals surface area contributed by atoms with Crippen LogP contribution in [0.4, 0.5) is 0 Å². The van der Waals surface area contributed by atoms with Crippen LogP contribution in [0.5, 0.6) is 5.75 Å². The molecule has 3 heteroatoms. The van der Waals surface area contributed by atoms with Crippen molar-refractivity contribution in [3.8, 4) is 5.75 Å². The summed E-state index contributed by atoms with van der Waals surface area (Å²) in [7, 11) is 3.53. The predicted molar refractivity (Wildman–Crippen MR) is 76.6 cm³/mol. The van der Waals surface area contributed by atoms with E-state index in [1.165, 1.54) is 25.7 Å². The van der Waals surface area contributed by atoms with Gasteiger partial charge in [-0.1, -0.05) is 37.8 Å². The van der Waals surface area contributed by atoms with E-state index < -0.39 is 0 Å². The maximum Gasteiger partial charge on any atom is 0.257 e. The van der Waals surface area contributed by atoms with Crippen molar-refractivity contribution in [3.63, 3.8) is 0 Å². The molecule has 3 nitrogen and oxygen atoms in total. The molecular formula is C16H23NO2. The third-order valence-corrected chi connectivity index (χ3v) is 4.03. The number of hydrogen-bond acceptors (Lipinski definition) is 2. The van der Waals surface area contributed by atoms with E-state index in [-0.39, 0.29) is 5.91 Å². The Morgan fingerprint density at radius 1 is 1.16 bits per heavy atom. The van der Waals surface area contributed by atoms with Gasteiger partial charge in [-0.25, -0.2) is 0 Å². The first-order valence-electron chi connectivity index (χ1n) is 7.14. The number of methoxy groups -OCH3 is 1. The lowest BCUT2D eigenvalue weighted by atomic mass is 10.1. The van der Waals surface area contributed by atoms with Crippen LogP contribution < -0.4 is 4.74 Å². The fraction of sp³-hybridized carbons (Fsp3) is 0.562. The van der Waals surface area contributed by atoms with E-state index in [2.05, 4.69) is 0 Å². The van der Waals surface area contributed by atoms with E-state index in [1.54, 1.807) is 7.11 Å². The molecule has 1 aliphatic carbocycles. The summed E-state index contributed by atoms with van der Waals surface area (Å²) >= 11 is 0. The van der Waals surface area contributed by atoms with Crippen molar-refractivity contribution >= 4 is 5.91 Å². The first-order valence-corrected chi connectivity index (χ1v) is 7.14. The minimum Gasteiger partial charge on any atom is -0.496 e. The Hall–Kier alpha value is -1.51. The van der Waals surface area contributed by atoms with Crippen molar-refractivity contribution in [1.29, 1.82) is 0 Å². The van der Waals surface area contributed by atoms with Crippen LogP contribution in [0.2, 0.25) is 0 Å². The number of rotatable bonds is 3. The van der Waals surface area contributed by atoms with Crippen LogP contribution in [-0.4, -0.2) is 31.0 Å². The number of para-hydroxylation sites is 1. The standard InChI is InChI=1S/C16H23NO2/c1-17(13-9-5-3-4-6-10-13)16(18)14-11-7-8-12-15(14)19-2/h7-8,11-13H,3-6,9-10H2,1-2H3. The van der Waals surface area contributed by atoms with Gasteiger partial charge in [0.2, 0.25) is 0 Å². The molecule has 1 saturated carbocycles. The largest absolute Gasteiger partial charge is 0.496 e. The molecule has 0 heterocycles. The Labute approximate surface area is 115 Å². The molecule has 1 fully saturated rings. The Bertz CT molecular complexity index is 423. The van der Waals surface area contributed by atoms with Crippen molar-refractivity contribution in [2.75, 3.05) is 14.2 Å². The smallest absolute Gasteiger partial charge is 0.257 e. The zero-order valence-corrected chi connectivity index (χ0v) is 11.9. The molecule has 0 unspecified atom stereocenters. The quantitative estimate of drug-likeness (QED) is 0.779. The van der Waals surface area contributed by atoms with Gasteiger partial charge in [-0.15, -0.1) is 0 Å². The second-order valence-electron chi connectivity index (χ2n) is 5.26. The van der Waals surface area contributed by atoms with E-state index in [4.69, 9.17) is 4.74 Å². The second kappa shape index (κ2) is 6.60. The number of benzene rings is 1. The predicted octanol–water partition coefficient (Wildman–Crippen LogP) is 3.49. The van der Waals surface area contributed by atoms with Gasteiger partial charge in [0.05, 0.1) is 12.7 Å². The van der Waals surface area contributed by atoms with Crippen LogP contribution in [0.15, 0.2) is 24.3 Å². The Morgan fingerprint density at radius 2 is 1.79 bits per heavy atom. The summed E-state index contributed by atoms with van der Waals surface area (Å²) in [5.74, 6) is 0.734. The molecule has 1 amide bonds. The molecule has 19 heavy (non-hydrogen) atoms. The summed E-state index contributed by atoms with van der Waals surface area (Å²) in [5.41, 5.74) is 0.664. The van der Waals surface area contributed by atoms with Gasteiger partial charge in [0.25, 0.3) is 5.91 Å². The SMILES string of the molecule is COc1ccccc1C(=O)N(C)C1CCCCCC1. The molecule has 0 aromatic heterocycles. The van der Waals surface area contributed by atoms with Gasteiger partial charge in [-0.05, 0) is 25.0 Å². The highest BCUT2D eigenvalue weighted by molar-refractivity contribution is 5.97. The van der Waals surface area contributed by atoms with Crippen molar-refractivity contribution < 1.29 is 9.53 Å². The van der Waals surface area contributed by atoms with Gasteiger partial charge in [0.1, 0.15) is 5.75 Å². The normalized spacial score (nSPS) is 16.7. The molecule has 0 atom stereocenters. The number of carbonyl (C=O) groups is 1. The third kappa shape index (κ3) is 3.28. The van der Waals surface area contributed by atoms with Gasteiger partial charge in [0.15, 0.2) is 0 Å². The number of carbonyl (C=O) groups excluding carboxylic acids is 1. The van der Waals surface area contributed by atoms with Crippen molar-refractivity contribution in [2.24, 2.45) is 0 Å². The van der Waals surface area contributed by atoms with E-state index in [0.717, 1.165) is 12.8 Å². The molecule has 2 rings (SSSR count). The minimum atomic E-state index is 0.0735. The van der Waals surface area contributed by atoms with Gasteiger partial charge < -0.3 is 9.64 Å². The zero-order chi connectivity index (χ0) is 13.7. The van der Waals surface area contributed by atoms with Crippen LogP contribution in [-0.2, 0) is 0 Å². The second-order valence-corrected chi connectivity index (χ2v) is 5.26. The summed E-state index contributed by atoms with van der Waals surface area (Å²) in [6.45, 7) is 0. The fourth-order valence-electron chi connectivity index (χ4n) is 2.82. The summed E-state index contributed by atoms with van der Waals surface area (Å²) in [6.07, 6.45) is 7.30. The van der Waals surface area contributed by atoms with Gasteiger partial charge in [0, 0.05) is 13.1 Å². The summed E-state index contributed by atoms with van der Waals surface area (Å²) < 4.78 is 5.28. The average molecular weight is 261 g/mol. The molecule has 1 aromatic carbocycles. The minimum absolute atomic E-state index is 0.0735. The number of amides is 1. The fourth-order valence-corrected chi connectivity index (χ4v) is 2.82. The van der Waals surface area contributed by atoms with Crippen LogP contribution in [0.1, 0.15) is 48.9 Å². The molecule has 0 saturated heterocycles. The van der Waals surface area contributed by atoms with Crippen molar-refractivity contribution in [3.05, 3.63) is 29.8 Å². The number of nitrogens with zero attached hydrogens (tertiary/aromatic N) is 1. The molecule has 0 aliphatic heterocycles. The first-order chi connectivity index (χ1) is 9.24. The Kier molecular flexibility index (Phi) is 4.83. The summed E-state index contributed by atoms with van der Waals surface area (Å²) in [6, 6.07) is 7.83. The van der Waals surface area contributed by atoms with Crippen LogP contribution in [0, 0.1) is 0 Å². The molecule has 1 aromatic rings. The summed E-state index contributed by atoms with van der Waals surface area (Å²) in [4.78, 5) is 14.5. The highest BCUT2D eigenvalue weighted by atomic mass is 16.5. The molecule has 104 valence electrons. The van der Waals surface area contributed by atoms with Crippen molar-refractivity contribution in [1.82, 2.24) is 4.90 Å². The molecule has 0 N–H and O–H groups in total. The Balaban J connectivity index is 2.13. The van der Waals surface area contributed by atoms with Gasteiger partial charge in [-0.3, -0.25) is 4.79 Å². The monoisotopic (exact) mass is 261 g/mol. The number of ether oxygens (including phenoxy) is 1. The number of hydrogen-bond donors (Lipinski definition) is 0. The Morgan fingerprint density at radius 3 is 2.42 bits per heavy atom. The molecular weight excluding hydrogens is 238 g/mol. The van der Waals surface area contributed by atoms with E-state index in [0.29, 0.717) is 17.4 Å². The molecule has 0 bridgehead atoms. The van der Waals surface area contributed by atoms with Gasteiger partial charge in [-0.2, -0.15) is 0 Å². The maximum atomic E-state index is 12.6. The lowest BCUT2D eigenvalue weighted by Crippen LogP contribution is -2.36. The maximum absolute atomic E-state index is 12.6. The third-order valence-electron chi connectivity index (χ3n) is 4.03. The van der Waals surface area contributed by atoms with Crippen LogP contribution in [0.25, 0.3) is 0 Å². The van der Waals surface area contributed by atoms with E-state index in [9.17, 15) is 4.79 Å². The average Bonchev–Trinajstić information content (AvgIpc) is 2.74. The molecule has 0 spiro atoms.